The van der Waals surface area contributed by atoms with E-state index >= 15 is 0 Å². The molecule has 1 aromatic carbocycles. The highest BCUT2D eigenvalue weighted by Crippen LogP contribution is 2.24. The number of hydrogen-bond donors (Lipinski definition) is 2. The van der Waals surface area contributed by atoms with Gasteiger partial charge in [-0.25, -0.2) is 0 Å². The van der Waals surface area contributed by atoms with Gasteiger partial charge in [-0.1, -0.05) is 11.6 Å². The Kier molecular flexibility index (Phi) is 6.52. The molecule has 1 amide bonds. The largest absolute Gasteiger partial charge is 0.434 e. The zero-order valence-electron chi connectivity index (χ0n) is 10.4. The summed E-state index contributed by atoms with van der Waals surface area (Å²) in [5.74, 6) is -0.0190. The van der Waals surface area contributed by atoms with Crippen LogP contribution in [0.15, 0.2) is 18.2 Å². The Morgan fingerprint density at radius 2 is 2.21 bits per heavy atom. The Balaban J connectivity index is 2.55. The molecule has 0 saturated carbocycles. The van der Waals surface area contributed by atoms with Gasteiger partial charge < -0.3 is 15.4 Å². The van der Waals surface area contributed by atoms with E-state index in [0.717, 1.165) is 0 Å². The van der Waals surface area contributed by atoms with Gasteiger partial charge in [0, 0.05) is 37.1 Å². The summed E-state index contributed by atoms with van der Waals surface area (Å²) in [7, 11) is 1.55. The molecule has 2 N–H and O–H groups in total. The highest BCUT2D eigenvalue weighted by Gasteiger charge is 2.10. The van der Waals surface area contributed by atoms with Gasteiger partial charge in [0.1, 0.15) is 5.75 Å². The standard InChI is InChI=1S/C12H15ClF2N2O2/c1-16-11(18)4-5-17-7-8-6-9(13)2-3-10(8)19-12(14)15/h2-3,6,12,17H,4-5,7H2,1H3,(H,16,18). The van der Waals surface area contributed by atoms with E-state index in [2.05, 4.69) is 15.4 Å². The summed E-state index contributed by atoms with van der Waals surface area (Å²) in [4.78, 5) is 11.0. The minimum absolute atomic E-state index is 0.0758. The third kappa shape index (κ3) is 5.85. The second-order valence-corrected chi connectivity index (χ2v) is 4.17. The van der Waals surface area contributed by atoms with Crippen molar-refractivity contribution in [2.45, 2.75) is 19.6 Å². The van der Waals surface area contributed by atoms with Crippen molar-refractivity contribution in [3.05, 3.63) is 28.8 Å². The normalized spacial score (nSPS) is 10.6. The number of amides is 1. The van der Waals surface area contributed by atoms with Crippen LogP contribution in [-0.4, -0.2) is 26.1 Å². The van der Waals surface area contributed by atoms with Crippen molar-refractivity contribution >= 4 is 17.5 Å². The second-order valence-electron chi connectivity index (χ2n) is 3.73. The van der Waals surface area contributed by atoms with E-state index in [1.54, 1.807) is 13.1 Å². The maximum absolute atomic E-state index is 12.2. The molecule has 4 nitrogen and oxygen atoms in total. The lowest BCUT2D eigenvalue weighted by molar-refractivity contribution is -0.120. The Hall–Kier alpha value is -1.40. The summed E-state index contributed by atoms with van der Waals surface area (Å²) >= 11 is 5.80. The monoisotopic (exact) mass is 292 g/mol. The van der Waals surface area contributed by atoms with Crippen molar-refractivity contribution in [1.29, 1.82) is 0 Å². The minimum atomic E-state index is -2.88. The van der Waals surface area contributed by atoms with Gasteiger partial charge in [0.25, 0.3) is 0 Å². The van der Waals surface area contributed by atoms with E-state index in [1.807, 2.05) is 0 Å². The number of nitrogens with one attached hydrogen (secondary N) is 2. The van der Waals surface area contributed by atoms with Gasteiger partial charge >= 0.3 is 6.61 Å². The Morgan fingerprint density at radius 1 is 1.47 bits per heavy atom. The number of alkyl halides is 2. The van der Waals surface area contributed by atoms with Crippen LogP contribution in [0, 0.1) is 0 Å². The van der Waals surface area contributed by atoms with Crippen molar-refractivity contribution in [2.24, 2.45) is 0 Å². The molecule has 19 heavy (non-hydrogen) atoms. The van der Waals surface area contributed by atoms with Crippen LogP contribution in [0.25, 0.3) is 0 Å². The van der Waals surface area contributed by atoms with Crippen LogP contribution in [0.1, 0.15) is 12.0 Å². The van der Waals surface area contributed by atoms with Crippen molar-refractivity contribution in [3.63, 3.8) is 0 Å². The first-order chi connectivity index (χ1) is 9.02. The molecule has 0 atom stereocenters. The third-order valence-corrected chi connectivity index (χ3v) is 2.60. The Bertz CT molecular complexity index is 430. The molecule has 0 radical (unpaired) electrons. The van der Waals surface area contributed by atoms with E-state index in [-0.39, 0.29) is 11.7 Å². The maximum Gasteiger partial charge on any atom is 0.387 e. The molecule has 0 spiro atoms. The topological polar surface area (TPSA) is 50.4 Å². The minimum Gasteiger partial charge on any atom is -0.434 e. The molecule has 0 saturated heterocycles. The number of benzene rings is 1. The number of rotatable bonds is 7. The maximum atomic E-state index is 12.2. The van der Waals surface area contributed by atoms with Gasteiger partial charge in [0.2, 0.25) is 5.91 Å². The fraction of sp³-hybridized carbons (Fsp3) is 0.417. The fourth-order valence-corrected chi connectivity index (χ4v) is 1.64. The summed E-state index contributed by atoms with van der Waals surface area (Å²) in [6.07, 6.45) is 0.308. The molecule has 0 fully saturated rings. The van der Waals surface area contributed by atoms with Crippen LogP contribution >= 0.6 is 11.6 Å². The molecule has 1 rings (SSSR count). The summed E-state index contributed by atoms with van der Waals surface area (Å²) in [5.41, 5.74) is 0.518. The predicted molar refractivity (Wildman–Crippen MR) is 68.5 cm³/mol. The molecule has 0 aliphatic carbocycles. The molecule has 7 heteroatoms. The second kappa shape index (κ2) is 7.91. The highest BCUT2D eigenvalue weighted by molar-refractivity contribution is 6.30. The third-order valence-electron chi connectivity index (χ3n) is 2.36. The lowest BCUT2D eigenvalue weighted by Gasteiger charge is -2.11. The fourth-order valence-electron chi connectivity index (χ4n) is 1.45. The van der Waals surface area contributed by atoms with Crippen LogP contribution in [0.5, 0.6) is 5.75 Å². The van der Waals surface area contributed by atoms with Crippen molar-refractivity contribution in [1.82, 2.24) is 10.6 Å². The average molecular weight is 293 g/mol. The van der Waals surface area contributed by atoms with Crippen molar-refractivity contribution < 1.29 is 18.3 Å². The lowest BCUT2D eigenvalue weighted by Crippen LogP contribution is -2.24. The van der Waals surface area contributed by atoms with Crippen LogP contribution in [-0.2, 0) is 11.3 Å². The summed E-state index contributed by atoms with van der Waals surface area (Å²) in [6.45, 7) is -2.16. The van der Waals surface area contributed by atoms with Gasteiger partial charge in [-0.2, -0.15) is 8.78 Å². The van der Waals surface area contributed by atoms with Crippen LogP contribution in [0.2, 0.25) is 5.02 Å². The van der Waals surface area contributed by atoms with E-state index in [1.165, 1.54) is 12.1 Å². The molecule has 0 aliphatic heterocycles. The van der Waals surface area contributed by atoms with Crippen LogP contribution in [0.3, 0.4) is 0 Å². The van der Waals surface area contributed by atoms with Gasteiger partial charge in [-0.15, -0.1) is 0 Å². The zero-order valence-corrected chi connectivity index (χ0v) is 11.1. The number of carbonyl (C=O) groups excluding carboxylic acids is 1. The van der Waals surface area contributed by atoms with Gasteiger partial charge in [0.15, 0.2) is 0 Å². The van der Waals surface area contributed by atoms with E-state index in [9.17, 15) is 13.6 Å². The highest BCUT2D eigenvalue weighted by atomic mass is 35.5. The van der Waals surface area contributed by atoms with Gasteiger partial charge in [-0.3, -0.25) is 4.79 Å². The summed E-state index contributed by atoms with van der Waals surface area (Å²) < 4.78 is 28.8. The molecular formula is C12H15ClF2N2O2. The molecule has 106 valence electrons. The smallest absolute Gasteiger partial charge is 0.387 e. The Morgan fingerprint density at radius 3 is 2.84 bits per heavy atom. The molecule has 0 aliphatic rings. The first-order valence-corrected chi connectivity index (χ1v) is 6.05. The van der Waals surface area contributed by atoms with E-state index in [4.69, 9.17) is 11.6 Å². The zero-order chi connectivity index (χ0) is 14.3. The summed E-state index contributed by atoms with van der Waals surface area (Å²) in [6, 6.07) is 4.42. The van der Waals surface area contributed by atoms with Crippen molar-refractivity contribution in [3.8, 4) is 5.75 Å². The summed E-state index contributed by atoms with van der Waals surface area (Å²) in [5, 5.41) is 5.88. The molecule has 1 aromatic rings. The van der Waals surface area contributed by atoms with Crippen LogP contribution in [0.4, 0.5) is 8.78 Å². The number of hydrogen-bond acceptors (Lipinski definition) is 3. The number of halogens is 3. The quantitative estimate of drug-likeness (QED) is 0.757. The van der Waals surface area contributed by atoms with Gasteiger partial charge in [0.05, 0.1) is 0 Å². The average Bonchev–Trinajstić information content (AvgIpc) is 2.36. The molecule has 0 aromatic heterocycles. The van der Waals surface area contributed by atoms with Gasteiger partial charge in [-0.05, 0) is 18.2 Å². The predicted octanol–water partition coefficient (Wildman–Crippen LogP) is 2.17. The lowest BCUT2D eigenvalue weighted by atomic mass is 10.2. The molecule has 0 heterocycles. The SMILES string of the molecule is CNC(=O)CCNCc1cc(Cl)ccc1OC(F)F. The molecule has 0 bridgehead atoms. The van der Waals surface area contributed by atoms with E-state index in [0.29, 0.717) is 30.1 Å². The van der Waals surface area contributed by atoms with Crippen molar-refractivity contribution in [2.75, 3.05) is 13.6 Å². The number of ether oxygens (including phenoxy) is 1. The first kappa shape index (κ1) is 15.7. The molecule has 0 unspecified atom stereocenters. The first-order valence-electron chi connectivity index (χ1n) is 5.67. The number of carbonyl (C=O) groups is 1. The van der Waals surface area contributed by atoms with E-state index < -0.39 is 6.61 Å². The molecular weight excluding hydrogens is 278 g/mol. The van der Waals surface area contributed by atoms with Crippen LogP contribution < -0.4 is 15.4 Å². The Labute approximate surface area is 115 Å².